The molecule has 0 spiro atoms. The molecule has 7 nitrogen and oxygen atoms in total. The molecule has 3 rings (SSSR count). The lowest BCUT2D eigenvalue weighted by Crippen LogP contribution is -2.39. The number of nitrogens with zero attached hydrogens (tertiary/aromatic N) is 6. The van der Waals surface area contributed by atoms with Crippen molar-refractivity contribution in [1.82, 2.24) is 25.0 Å². The van der Waals surface area contributed by atoms with Crippen molar-refractivity contribution in [2.75, 3.05) is 25.0 Å². The zero-order valence-electron chi connectivity index (χ0n) is 14.6. The molecule has 1 saturated heterocycles. The SMILES string of the molecule is CCc1ncnc(N(C)C[C@@H]2C[C@H](F)CN2Cc2noc(C)n2)c1F. The molecule has 0 unspecified atom stereocenters. The standard InChI is InChI=1S/C16H22F2N6O/c1-4-13-15(18)16(20-9-19-13)23(3)7-12-5-11(17)6-24(12)8-14-21-10(2)25-22-14/h9,11-12H,4-8H2,1-3H3/t11-,12-/m0/s1. The van der Waals surface area contributed by atoms with Crippen molar-refractivity contribution in [2.24, 2.45) is 0 Å². The molecule has 0 saturated carbocycles. The summed E-state index contributed by atoms with van der Waals surface area (Å²) in [5.74, 6) is 0.836. The summed E-state index contributed by atoms with van der Waals surface area (Å²) in [4.78, 5) is 15.8. The lowest BCUT2D eigenvalue weighted by atomic mass is 10.2. The Morgan fingerprint density at radius 3 is 2.88 bits per heavy atom. The third-order valence-electron chi connectivity index (χ3n) is 4.42. The second kappa shape index (κ2) is 7.38. The van der Waals surface area contributed by atoms with E-state index in [1.165, 1.54) is 6.33 Å². The fraction of sp³-hybridized carbons (Fsp3) is 0.625. The van der Waals surface area contributed by atoms with Gasteiger partial charge in [0.2, 0.25) is 5.89 Å². The number of halogens is 2. The van der Waals surface area contributed by atoms with Crippen LogP contribution in [0.1, 0.15) is 30.8 Å². The van der Waals surface area contributed by atoms with Crippen molar-refractivity contribution in [1.29, 1.82) is 0 Å². The van der Waals surface area contributed by atoms with Crippen LogP contribution in [0.4, 0.5) is 14.6 Å². The predicted molar refractivity (Wildman–Crippen MR) is 87.4 cm³/mol. The lowest BCUT2D eigenvalue weighted by Gasteiger charge is -2.28. The summed E-state index contributed by atoms with van der Waals surface area (Å²) in [6.07, 6.45) is 1.32. The maximum absolute atomic E-state index is 14.4. The zero-order valence-corrected chi connectivity index (χ0v) is 14.6. The molecule has 1 aliphatic heterocycles. The molecule has 0 aliphatic carbocycles. The van der Waals surface area contributed by atoms with Crippen LogP contribution >= 0.6 is 0 Å². The number of likely N-dealkylation sites (tertiary alicyclic amines) is 1. The van der Waals surface area contributed by atoms with E-state index in [0.717, 1.165) is 0 Å². The van der Waals surface area contributed by atoms with E-state index in [-0.39, 0.29) is 11.9 Å². The predicted octanol–water partition coefficient (Wildman–Crippen LogP) is 1.92. The highest BCUT2D eigenvalue weighted by Gasteiger charge is 2.34. The van der Waals surface area contributed by atoms with Crippen molar-refractivity contribution < 1.29 is 13.3 Å². The maximum Gasteiger partial charge on any atom is 0.223 e. The topological polar surface area (TPSA) is 71.2 Å². The Balaban J connectivity index is 1.71. The van der Waals surface area contributed by atoms with Crippen LogP contribution in [0.15, 0.2) is 10.9 Å². The van der Waals surface area contributed by atoms with Gasteiger partial charge in [0.25, 0.3) is 0 Å². The number of aryl methyl sites for hydroxylation is 2. The summed E-state index contributed by atoms with van der Waals surface area (Å²) in [6.45, 7) is 4.72. The largest absolute Gasteiger partial charge is 0.356 e. The molecule has 0 bridgehead atoms. The summed E-state index contributed by atoms with van der Waals surface area (Å²) in [5, 5.41) is 3.87. The first-order chi connectivity index (χ1) is 12.0. The van der Waals surface area contributed by atoms with Gasteiger partial charge in [-0.05, 0) is 12.8 Å². The molecule has 3 heterocycles. The number of aromatic nitrogens is 4. The smallest absolute Gasteiger partial charge is 0.223 e. The third kappa shape index (κ3) is 3.92. The second-order valence-corrected chi connectivity index (χ2v) is 6.34. The Kier molecular flexibility index (Phi) is 5.22. The average Bonchev–Trinajstić information content (AvgIpc) is 3.13. The first kappa shape index (κ1) is 17.7. The number of anilines is 1. The minimum Gasteiger partial charge on any atom is -0.356 e. The van der Waals surface area contributed by atoms with Gasteiger partial charge in [-0.15, -0.1) is 0 Å². The van der Waals surface area contributed by atoms with E-state index in [4.69, 9.17) is 4.52 Å². The van der Waals surface area contributed by atoms with Gasteiger partial charge in [0.05, 0.1) is 12.2 Å². The van der Waals surface area contributed by atoms with Crippen LogP contribution in [0.25, 0.3) is 0 Å². The Morgan fingerprint density at radius 1 is 1.40 bits per heavy atom. The van der Waals surface area contributed by atoms with Gasteiger partial charge in [0.1, 0.15) is 12.5 Å². The van der Waals surface area contributed by atoms with E-state index in [1.807, 2.05) is 11.8 Å². The molecule has 9 heteroatoms. The molecular weight excluding hydrogens is 330 g/mol. The van der Waals surface area contributed by atoms with Gasteiger partial charge in [-0.1, -0.05) is 12.1 Å². The van der Waals surface area contributed by atoms with Gasteiger partial charge in [0, 0.05) is 33.1 Å². The quantitative estimate of drug-likeness (QED) is 0.786. The molecule has 2 aromatic heterocycles. The van der Waals surface area contributed by atoms with E-state index in [0.29, 0.717) is 49.9 Å². The van der Waals surface area contributed by atoms with Gasteiger partial charge in [-0.2, -0.15) is 4.98 Å². The normalized spacial score (nSPS) is 21.0. The van der Waals surface area contributed by atoms with E-state index in [1.54, 1.807) is 18.9 Å². The monoisotopic (exact) mass is 352 g/mol. The van der Waals surface area contributed by atoms with Crippen molar-refractivity contribution in [3.8, 4) is 0 Å². The van der Waals surface area contributed by atoms with Gasteiger partial charge in [-0.25, -0.2) is 18.7 Å². The fourth-order valence-electron chi connectivity index (χ4n) is 3.20. The summed E-state index contributed by atoms with van der Waals surface area (Å²) in [6, 6.07) is -0.0850. The van der Waals surface area contributed by atoms with Gasteiger partial charge in [0.15, 0.2) is 17.5 Å². The van der Waals surface area contributed by atoms with Crippen molar-refractivity contribution >= 4 is 5.82 Å². The zero-order chi connectivity index (χ0) is 18.0. The third-order valence-corrected chi connectivity index (χ3v) is 4.42. The first-order valence-electron chi connectivity index (χ1n) is 8.35. The highest BCUT2D eigenvalue weighted by atomic mass is 19.1. The summed E-state index contributed by atoms with van der Waals surface area (Å²) >= 11 is 0. The number of hydrogen-bond acceptors (Lipinski definition) is 7. The molecule has 136 valence electrons. The van der Waals surface area contributed by atoms with Crippen LogP contribution in [0, 0.1) is 12.7 Å². The molecule has 0 N–H and O–H groups in total. The molecule has 0 radical (unpaired) electrons. The number of hydrogen-bond donors (Lipinski definition) is 0. The minimum atomic E-state index is -0.923. The molecule has 2 aromatic rings. The summed E-state index contributed by atoms with van der Waals surface area (Å²) in [7, 11) is 1.76. The van der Waals surface area contributed by atoms with Crippen LogP contribution in [-0.4, -0.2) is 57.4 Å². The van der Waals surface area contributed by atoms with Crippen LogP contribution in [0.5, 0.6) is 0 Å². The van der Waals surface area contributed by atoms with E-state index in [2.05, 4.69) is 20.1 Å². The Morgan fingerprint density at radius 2 is 2.20 bits per heavy atom. The highest BCUT2D eigenvalue weighted by molar-refractivity contribution is 5.40. The van der Waals surface area contributed by atoms with Crippen molar-refractivity contribution in [3.63, 3.8) is 0 Å². The van der Waals surface area contributed by atoms with Crippen LogP contribution in [0.3, 0.4) is 0 Å². The molecular formula is C16H22F2N6O. The Bertz CT molecular complexity index is 724. The maximum atomic E-state index is 14.4. The van der Waals surface area contributed by atoms with Gasteiger partial charge >= 0.3 is 0 Å². The number of rotatable bonds is 6. The van der Waals surface area contributed by atoms with Crippen LogP contribution in [0.2, 0.25) is 0 Å². The first-order valence-corrected chi connectivity index (χ1v) is 8.35. The van der Waals surface area contributed by atoms with E-state index < -0.39 is 12.0 Å². The second-order valence-electron chi connectivity index (χ2n) is 6.34. The minimum absolute atomic E-state index is 0.0850. The van der Waals surface area contributed by atoms with E-state index >= 15 is 0 Å². The Hall–Kier alpha value is -2.16. The average molecular weight is 352 g/mol. The molecule has 2 atom stereocenters. The van der Waals surface area contributed by atoms with Crippen molar-refractivity contribution in [2.45, 2.75) is 45.4 Å². The number of likely N-dealkylation sites (N-methyl/N-ethyl adjacent to an activating group) is 1. The summed E-state index contributed by atoms with van der Waals surface area (Å²) < 4.78 is 33.4. The van der Waals surface area contributed by atoms with Gasteiger partial charge in [-0.3, -0.25) is 4.90 Å². The fourth-order valence-corrected chi connectivity index (χ4v) is 3.20. The highest BCUT2D eigenvalue weighted by Crippen LogP contribution is 2.25. The lowest BCUT2D eigenvalue weighted by molar-refractivity contribution is 0.228. The molecule has 0 amide bonds. The molecule has 1 aliphatic rings. The molecule has 25 heavy (non-hydrogen) atoms. The van der Waals surface area contributed by atoms with Crippen molar-refractivity contribution in [3.05, 3.63) is 29.6 Å². The van der Waals surface area contributed by atoms with E-state index in [9.17, 15) is 8.78 Å². The molecule has 1 fully saturated rings. The summed E-state index contributed by atoms with van der Waals surface area (Å²) in [5.41, 5.74) is 0.380. The van der Waals surface area contributed by atoms with Crippen LogP contribution < -0.4 is 4.90 Å². The number of alkyl halides is 1. The van der Waals surface area contributed by atoms with Crippen LogP contribution in [-0.2, 0) is 13.0 Å². The Labute approximate surface area is 145 Å². The van der Waals surface area contributed by atoms with Gasteiger partial charge < -0.3 is 9.42 Å². The molecule has 0 aromatic carbocycles.